The molecule has 0 bridgehead atoms. The van der Waals surface area contributed by atoms with E-state index in [4.69, 9.17) is 4.74 Å². The van der Waals surface area contributed by atoms with Gasteiger partial charge in [0.2, 0.25) is 5.91 Å². The Morgan fingerprint density at radius 1 is 1.41 bits per heavy atom. The Morgan fingerprint density at radius 2 is 2.23 bits per heavy atom. The molecule has 2 rings (SSSR count). The van der Waals surface area contributed by atoms with Gasteiger partial charge in [-0.3, -0.25) is 4.79 Å². The van der Waals surface area contributed by atoms with Gasteiger partial charge in [0, 0.05) is 18.8 Å². The highest BCUT2D eigenvalue weighted by Crippen LogP contribution is 2.12. The predicted octanol–water partition coefficient (Wildman–Crippen LogP) is 1.60. The smallest absolute Gasteiger partial charge is 0.337 e. The van der Waals surface area contributed by atoms with Crippen LogP contribution in [0.25, 0.3) is 0 Å². The van der Waals surface area contributed by atoms with E-state index in [2.05, 4.69) is 15.4 Å². The van der Waals surface area contributed by atoms with Crippen LogP contribution in [-0.4, -0.2) is 44.8 Å². The van der Waals surface area contributed by atoms with E-state index in [-0.39, 0.29) is 31.0 Å². The molecular weight excluding hydrogens is 308 g/mol. The predicted molar refractivity (Wildman–Crippen MR) is 85.5 cm³/mol. The maximum Gasteiger partial charge on any atom is 0.337 e. The summed E-state index contributed by atoms with van der Waals surface area (Å²) >= 11 is 0. The number of halogens is 1. The lowest BCUT2D eigenvalue weighted by atomic mass is 10.2. The molecule has 0 radical (unpaired) electrons. The molecule has 0 aromatic heterocycles. The Hall–Kier alpha value is -1.63. The first-order valence-electron chi connectivity index (χ1n) is 6.99. The first kappa shape index (κ1) is 18.4. The number of hydrogen-bond acceptors (Lipinski definition) is 5. The van der Waals surface area contributed by atoms with E-state index >= 15 is 0 Å². The average molecular weight is 329 g/mol. The number of anilines is 1. The van der Waals surface area contributed by atoms with Crippen molar-refractivity contribution >= 4 is 30.0 Å². The lowest BCUT2D eigenvalue weighted by Crippen LogP contribution is -2.33. The number of hydrogen-bond donors (Lipinski definition) is 2. The Labute approximate surface area is 136 Å². The second-order valence-electron chi connectivity index (χ2n) is 4.89. The van der Waals surface area contributed by atoms with Gasteiger partial charge in [0.1, 0.15) is 0 Å². The molecule has 6 nitrogen and oxygen atoms in total. The summed E-state index contributed by atoms with van der Waals surface area (Å²) in [4.78, 5) is 23.2. The highest BCUT2D eigenvalue weighted by molar-refractivity contribution is 5.95. The molecule has 1 saturated heterocycles. The minimum absolute atomic E-state index is 0. The Morgan fingerprint density at radius 3 is 2.91 bits per heavy atom. The third kappa shape index (κ3) is 5.63. The number of carbonyl (C=O) groups is 2. The molecule has 1 aliphatic heterocycles. The zero-order valence-corrected chi connectivity index (χ0v) is 13.3. The fourth-order valence-corrected chi connectivity index (χ4v) is 2.20. The first-order chi connectivity index (χ1) is 10.2. The molecule has 122 valence electrons. The molecule has 1 aliphatic rings. The van der Waals surface area contributed by atoms with Crippen molar-refractivity contribution in [3.63, 3.8) is 0 Å². The molecule has 22 heavy (non-hydrogen) atoms. The molecule has 0 aliphatic carbocycles. The van der Waals surface area contributed by atoms with Crippen molar-refractivity contribution in [1.29, 1.82) is 0 Å². The van der Waals surface area contributed by atoms with Gasteiger partial charge in [-0.25, -0.2) is 4.79 Å². The quantitative estimate of drug-likeness (QED) is 0.776. The number of benzene rings is 1. The fourth-order valence-electron chi connectivity index (χ4n) is 2.20. The van der Waals surface area contributed by atoms with E-state index in [1.807, 2.05) is 0 Å². The molecule has 1 atom stereocenters. The Balaban J connectivity index is 0.00000242. The molecular formula is C15H21ClN2O4. The van der Waals surface area contributed by atoms with E-state index in [9.17, 15) is 9.59 Å². The zero-order valence-electron chi connectivity index (χ0n) is 12.5. The van der Waals surface area contributed by atoms with Crippen molar-refractivity contribution in [3.8, 4) is 0 Å². The Bertz CT molecular complexity index is 504. The lowest BCUT2D eigenvalue weighted by molar-refractivity contribution is -0.115. The fraction of sp³-hybridized carbons (Fsp3) is 0.467. The third-order valence-electron chi connectivity index (χ3n) is 3.25. The molecule has 0 saturated carbocycles. The van der Waals surface area contributed by atoms with Crippen LogP contribution in [0.3, 0.4) is 0 Å². The summed E-state index contributed by atoms with van der Waals surface area (Å²) in [6.07, 6.45) is 2.33. The van der Waals surface area contributed by atoms with Crippen LogP contribution in [0.4, 0.5) is 5.69 Å². The number of nitrogens with one attached hydrogen (secondary N) is 2. The minimum Gasteiger partial charge on any atom is -0.465 e. The number of amides is 1. The molecule has 1 amide bonds. The Kier molecular flexibility index (Phi) is 7.87. The largest absolute Gasteiger partial charge is 0.465 e. The third-order valence-corrected chi connectivity index (χ3v) is 3.25. The molecule has 2 N–H and O–H groups in total. The number of ether oxygens (including phenoxy) is 2. The highest BCUT2D eigenvalue weighted by Gasteiger charge is 2.15. The van der Waals surface area contributed by atoms with Gasteiger partial charge >= 0.3 is 5.97 Å². The van der Waals surface area contributed by atoms with Crippen molar-refractivity contribution in [3.05, 3.63) is 29.8 Å². The number of rotatable bonds is 6. The molecule has 1 fully saturated rings. The summed E-state index contributed by atoms with van der Waals surface area (Å²) in [5.41, 5.74) is 0.976. The molecule has 7 heteroatoms. The van der Waals surface area contributed by atoms with Crippen LogP contribution in [0.2, 0.25) is 0 Å². The molecule has 1 aromatic carbocycles. The van der Waals surface area contributed by atoms with Crippen molar-refractivity contribution in [2.45, 2.75) is 18.9 Å². The second-order valence-corrected chi connectivity index (χ2v) is 4.89. The zero-order chi connectivity index (χ0) is 15.1. The standard InChI is InChI=1S/C15H20N2O4.ClH/c1-20-15(19)11-4-2-5-12(8-11)17-14(18)10-16-9-13-6-3-7-21-13;/h2,4-5,8,13,16H,3,6-7,9-10H2,1H3,(H,17,18);1H. The van der Waals surface area contributed by atoms with Gasteiger partial charge in [-0.1, -0.05) is 6.07 Å². The van der Waals surface area contributed by atoms with Crippen LogP contribution in [0, 0.1) is 0 Å². The molecule has 1 heterocycles. The maximum atomic E-state index is 11.8. The summed E-state index contributed by atoms with van der Waals surface area (Å²) in [6, 6.07) is 6.65. The van der Waals surface area contributed by atoms with Crippen LogP contribution < -0.4 is 10.6 Å². The maximum absolute atomic E-state index is 11.8. The number of methoxy groups -OCH3 is 1. The summed E-state index contributed by atoms with van der Waals surface area (Å²) in [5, 5.41) is 5.80. The van der Waals surface area contributed by atoms with Crippen LogP contribution in [-0.2, 0) is 14.3 Å². The van der Waals surface area contributed by atoms with E-state index in [1.54, 1.807) is 24.3 Å². The number of carbonyl (C=O) groups excluding carboxylic acids is 2. The lowest BCUT2D eigenvalue weighted by Gasteiger charge is -2.11. The van der Waals surface area contributed by atoms with Gasteiger partial charge in [-0.15, -0.1) is 12.4 Å². The highest BCUT2D eigenvalue weighted by atomic mass is 35.5. The first-order valence-corrected chi connectivity index (χ1v) is 6.99. The molecule has 1 unspecified atom stereocenters. The van der Waals surface area contributed by atoms with Gasteiger partial charge in [-0.05, 0) is 31.0 Å². The summed E-state index contributed by atoms with van der Waals surface area (Å²) in [6.45, 7) is 1.69. The van der Waals surface area contributed by atoms with E-state index in [0.29, 0.717) is 17.8 Å². The second kappa shape index (κ2) is 9.40. The van der Waals surface area contributed by atoms with Crippen LogP contribution in [0.1, 0.15) is 23.2 Å². The summed E-state index contributed by atoms with van der Waals surface area (Å²) in [7, 11) is 1.32. The van der Waals surface area contributed by atoms with Crippen molar-refractivity contribution in [1.82, 2.24) is 5.32 Å². The SMILES string of the molecule is COC(=O)c1cccc(NC(=O)CNCC2CCCO2)c1.Cl. The summed E-state index contributed by atoms with van der Waals surface area (Å²) < 4.78 is 10.1. The van der Waals surface area contributed by atoms with Crippen LogP contribution >= 0.6 is 12.4 Å². The van der Waals surface area contributed by atoms with Gasteiger partial charge < -0.3 is 20.1 Å². The minimum atomic E-state index is -0.428. The van der Waals surface area contributed by atoms with E-state index in [0.717, 1.165) is 19.4 Å². The van der Waals surface area contributed by atoms with Crippen LogP contribution in [0.5, 0.6) is 0 Å². The summed E-state index contributed by atoms with van der Waals surface area (Å²) in [5.74, 6) is -0.586. The van der Waals surface area contributed by atoms with Gasteiger partial charge in [0.25, 0.3) is 0 Å². The van der Waals surface area contributed by atoms with Gasteiger partial charge in [-0.2, -0.15) is 0 Å². The average Bonchev–Trinajstić information content (AvgIpc) is 3.00. The van der Waals surface area contributed by atoms with Crippen molar-refractivity contribution in [2.24, 2.45) is 0 Å². The normalized spacial score (nSPS) is 16.7. The monoisotopic (exact) mass is 328 g/mol. The van der Waals surface area contributed by atoms with Gasteiger partial charge in [0.05, 0.1) is 25.3 Å². The topological polar surface area (TPSA) is 76.7 Å². The van der Waals surface area contributed by atoms with E-state index in [1.165, 1.54) is 7.11 Å². The van der Waals surface area contributed by atoms with Crippen molar-refractivity contribution in [2.75, 3.05) is 32.1 Å². The van der Waals surface area contributed by atoms with Crippen molar-refractivity contribution < 1.29 is 19.1 Å². The van der Waals surface area contributed by atoms with Crippen LogP contribution in [0.15, 0.2) is 24.3 Å². The number of esters is 1. The van der Waals surface area contributed by atoms with E-state index < -0.39 is 5.97 Å². The van der Waals surface area contributed by atoms with Gasteiger partial charge in [0.15, 0.2) is 0 Å². The molecule has 1 aromatic rings. The molecule has 0 spiro atoms.